The Morgan fingerprint density at radius 1 is 1.62 bits per heavy atom. The summed E-state index contributed by atoms with van der Waals surface area (Å²) in [6, 6.07) is 8.51. The summed E-state index contributed by atoms with van der Waals surface area (Å²) in [5.41, 5.74) is 1.21. The summed E-state index contributed by atoms with van der Waals surface area (Å²) < 4.78 is 6.11. The molecule has 1 heterocycles. The number of hydrogen-bond acceptors (Lipinski definition) is 3. The molecule has 0 saturated carbocycles. The van der Waals surface area contributed by atoms with Crippen LogP contribution in [0.1, 0.15) is 6.92 Å². The number of hydrogen-bond donors (Lipinski definition) is 0. The molecule has 0 amide bonds. The van der Waals surface area contributed by atoms with Crippen molar-refractivity contribution in [3.05, 3.63) is 28.7 Å². The van der Waals surface area contributed by atoms with E-state index >= 15 is 0 Å². The van der Waals surface area contributed by atoms with E-state index in [1.807, 2.05) is 12.1 Å². The van der Waals surface area contributed by atoms with Crippen molar-refractivity contribution in [2.45, 2.75) is 13.0 Å². The van der Waals surface area contributed by atoms with Crippen LogP contribution in [0, 0.1) is 0 Å². The van der Waals surface area contributed by atoms with E-state index in [9.17, 15) is 0 Å². The van der Waals surface area contributed by atoms with Crippen molar-refractivity contribution < 1.29 is 4.74 Å². The minimum atomic E-state index is 0.207. The van der Waals surface area contributed by atoms with E-state index in [-0.39, 0.29) is 6.04 Å². The number of rotatable bonds is 4. The van der Waals surface area contributed by atoms with Crippen LogP contribution in [0.4, 0.5) is 5.69 Å². The second-order valence-electron chi connectivity index (χ2n) is 3.70. The van der Waals surface area contributed by atoms with Crippen LogP contribution < -0.4 is 4.90 Å². The fourth-order valence-electron chi connectivity index (χ4n) is 1.72. The first-order chi connectivity index (χ1) is 7.79. The van der Waals surface area contributed by atoms with Crippen molar-refractivity contribution in [3.8, 4) is 0 Å². The fraction of sp³-hybridized carbons (Fsp3) is 0.417. The summed E-state index contributed by atoms with van der Waals surface area (Å²) in [5.74, 6) is 0. The maximum Gasteiger partial charge on any atom is 0.273 e. The van der Waals surface area contributed by atoms with Gasteiger partial charge in [-0.05, 0) is 25.1 Å². The van der Waals surface area contributed by atoms with Gasteiger partial charge < -0.3 is 9.64 Å². The average Bonchev–Trinajstić information content (AvgIpc) is 2.78. The number of benzene rings is 1. The third-order valence-electron chi connectivity index (χ3n) is 2.56. The number of likely N-dealkylation sites (N-methyl/N-ethyl adjacent to an activating group) is 1. The molecule has 0 aliphatic carbocycles. The lowest BCUT2D eigenvalue weighted by Gasteiger charge is -2.24. The highest BCUT2D eigenvalue weighted by Gasteiger charge is 2.16. The molecule has 0 fully saturated rings. The zero-order valence-corrected chi connectivity index (χ0v) is 10.8. The molecule has 1 aliphatic rings. The van der Waals surface area contributed by atoms with Gasteiger partial charge in [-0.3, -0.25) is 0 Å². The molecule has 0 N–H and O–H groups in total. The van der Waals surface area contributed by atoms with E-state index in [1.165, 1.54) is 5.69 Å². The first-order valence-electron chi connectivity index (χ1n) is 5.36. The van der Waals surface area contributed by atoms with Crippen LogP contribution in [-0.2, 0) is 4.74 Å². The molecule has 1 radical (unpaired) electrons. The standard InChI is InChI=1S/C12H14BrN2O/c1-2-15(7-11-8-16-9-14-11)12-5-3-4-10(13)6-12/h3-6,11H,2,7-8H2,1H3. The lowest BCUT2D eigenvalue weighted by molar-refractivity contribution is 0.328. The van der Waals surface area contributed by atoms with Gasteiger partial charge in [-0.15, -0.1) is 0 Å². The first kappa shape index (κ1) is 11.5. The number of halogens is 1. The van der Waals surface area contributed by atoms with Gasteiger partial charge in [-0.2, -0.15) is 0 Å². The van der Waals surface area contributed by atoms with Gasteiger partial charge in [0.15, 0.2) is 0 Å². The highest BCUT2D eigenvalue weighted by Crippen LogP contribution is 2.20. The van der Waals surface area contributed by atoms with Crippen molar-refractivity contribution in [1.82, 2.24) is 0 Å². The normalized spacial score (nSPS) is 18.5. The molecule has 1 aromatic carbocycles. The Morgan fingerprint density at radius 2 is 2.50 bits per heavy atom. The number of aliphatic imine (C=N–C) groups is 1. The van der Waals surface area contributed by atoms with Gasteiger partial charge in [-0.1, -0.05) is 22.0 Å². The number of ether oxygens (including phenoxy) is 1. The zero-order valence-electron chi connectivity index (χ0n) is 9.19. The van der Waals surface area contributed by atoms with Gasteiger partial charge in [0.25, 0.3) is 6.40 Å². The highest BCUT2D eigenvalue weighted by molar-refractivity contribution is 9.10. The average molecular weight is 282 g/mol. The second-order valence-corrected chi connectivity index (χ2v) is 4.62. The molecule has 0 bridgehead atoms. The predicted octanol–water partition coefficient (Wildman–Crippen LogP) is 2.58. The van der Waals surface area contributed by atoms with Gasteiger partial charge in [0.2, 0.25) is 0 Å². The van der Waals surface area contributed by atoms with Crippen LogP contribution in [0.15, 0.2) is 33.7 Å². The number of nitrogens with zero attached hydrogens (tertiary/aromatic N) is 2. The van der Waals surface area contributed by atoms with Crippen LogP contribution >= 0.6 is 15.9 Å². The maximum absolute atomic E-state index is 5.01. The molecule has 85 valence electrons. The Kier molecular flexibility index (Phi) is 3.83. The molecule has 1 unspecified atom stereocenters. The minimum Gasteiger partial charge on any atom is -0.472 e. The van der Waals surface area contributed by atoms with E-state index in [4.69, 9.17) is 4.74 Å². The van der Waals surface area contributed by atoms with E-state index in [2.05, 4.69) is 51.3 Å². The molecule has 0 aromatic heterocycles. The molecular formula is C12H14BrN2O. The third kappa shape index (κ3) is 2.76. The molecule has 0 spiro atoms. The molecule has 1 aromatic rings. The van der Waals surface area contributed by atoms with Crippen molar-refractivity contribution in [1.29, 1.82) is 0 Å². The van der Waals surface area contributed by atoms with E-state index < -0.39 is 0 Å². The molecule has 3 nitrogen and oxygen atoms in total. The third-order valence-corrected chi connectivity index (χ3v) is 3.06. The van der Waals surface area contributed by atoms with E-state index in [0.717, 1.165) is 17.6 Å². The topological polar surface area (TPSA) is 24.8 Å². The Bertz CT molecular complexity index is 381. The Morgan fingerprint density at radius 3 is 3.12 bits per heavy atom. The Labute approximate surface area is 104 Å². The highest BCUT2D eigenvalue weighted by atomic mass is 79.9. The van der Waals surface area contributed by atoms with Crippen molar-refractivity contribution in [2.75, 3.05) is 24.6 Å². The van der Waals surface area contributed by atoms with Gasteiger partial charge in [-0.25, -0.2) is 4.99 Å². The molecule has 2 rings (SSSR count). The SMILES string of the molecule is CCN(CC1CO[C]=N1)c1cccc(Br)c1. The van der Waals surface area contributed by atoms with Crippen LogP contribution in [0.2, 0.25) is 0 Å². The minimum absolute atomic E-state index is 0.207. The van der Waals surface area contributed by atoms with Crippen LogP contribution in [-0.4, -0.2) is 32.1 Å². The van der Waals surface area contributed by atoms with Gasteiger partial charge in [0.1, 0.15) is 12.6 Å². The monoisotopic (exact) mass is 281 g/mol. The summed E-state index contributed by atoms with van der Waals surface area (Å²) in [6.07, 6.45) is 2.55. The smallest absolute Gasteiger partial charge is 0.273 e. The first-order valence-corrected chi connectivity index (χ1v) is 6.16. The second kappa shape index (κ2) is 5.34. The van der Waals surface area contributed by atoms with Crippen molar-refractivity contribution >= 4 is 28.0 Å². The summed E-state index contributed by atoms with van der Waals surface area (Å²) >= 11 is 3.49. The fourth-order valence-corrected chi connectivity index (χ4v) is 2.11. The molecule has 16 heavy (non-hydrogen) atoms. The summed E-state index contributed by atoms with van der Waals surface area (Å²) in [6.45, 7) is 4.62. The van der Waals surface area contributed by atoms with Gasteiger partial charge in [0, 0.05) is 23.2 Å². The molecule has 4 heteroatoms. The van der Waals surface area contributed by atoms with E-state index in [1.54, 1.807) is 0 Å². The van der Waals surface area contributed by atoms with Gasteiger partial charge >= 0.3 is 0 Å². The summed E-state index contributed by atoms with van der Waals surface area (Å²) in [5, 5.41) is 0. The lowest BCUT2D eigenvalue weighted by atomic mass is 10.2. The van der Waals surface area contributed by atoms with Crippen LogP contribution in [0.3, 0.4) is 0 Å². The van der Waals surface area contributed by atoms with Crippen LogP contribution in [0.25, 0.3) is 0 Å². The molecule has 1 atom stereocenters. The summed E-state index contributed by atoms with van der Waals surface area (Å²) in [4.78, 5) is 6.43. The van der Waals surface area contributed by atoms with Crippen LogP contribution in [0.5, 0.6) is 0 Å². The Hall–Kier alpha value is -1.03. The predicted molar refractivity (Wildman–Crippen MR) is 69.2 cm³/mol. The zero-order chi connectivity index (χ0) is 11.4. The molecule has 0 saturated heterocycles. The molecular weight excluding hydrogens is 268 g/mol. The molecule has 1 aliphatic heterocycles. The number of anilines is 1. The quantitative estimate of drug-likeness (QED) is 0.848. The van der Waals surface area contributed by atoms with Gasteiger partial charge in [0.05, 0.1) is 0 Å². The largest absolute Gasteiger partial charge is 0.472 e. The lowest BCUT2D eigenvalue weighted by Crippen LogP contribution is -2.32. The summed E-state index contributed by atoms with van der Waals surface area (Å²) in [7, 11) is 0. The van der Waals surface area contributed by atoms with Crippen molar-refractivity contribution in [3.63, 3.8) is 0 Å². The van der Waals surface area contributed by atoms with Crippen molar-refractivity contribution in [2.24, 2.45) is 4.99 Å². The maximum atomic E-state index is 5.01. The Balaban J connectivity index is 2.06. The van der Waals surface area contributed by atoms with E-state index in [0.29, 0.717) is 6.61 Å².